The maximum Gasteiger partial charge on any atom is 0.125 e. The Bertz CT molecular complexity index is 2260. The second kappa shape index (κ2) is 12.8. The number of rotatable bonds is 4. The number of anilines is 2. The van der Waals surface area contributed by atoms with Crippen molar-refractivity contribution >= 4 is 22.5 Å². The molecular formula is C51H49NO2. The molecule has 6 unspecified atom stereocenters. The number of nitrogens with zero attached hydrogens (tertiary/aromatic N) is 1. The lowest BCUT2D eigenvalue weighted by atomic mass is 9.59. The fourth-order valence-corrected chi connectivity index (χ4v) is 11.5. The first kappa shape index (κ1) is 32.4. The van der Waals surface area contributed by atoms with E-state index in [-0.39, 0.29) is 23.5 Å². The summed E-state index contributed by atoms with van der Waals surface area (Å²) in [6.07, 6.45) is 37.9. The molecule has 3 aromatic carbocycles. The molecule has 0 saturated carbocycles. The predicted molar refractivity (Wildman–Crippen MR) is 221 cm³/mol. The monoisotopic (exact) mass is 707 g/mol. The van der Waals surface area contributed by atoms with E-state index in [1.807, 2.05) is 0 Å². The molecule has 5 aliphatic carbocycles. The van der Waals surface area contributed by atoms with Crippen molar-refractivity contribution in [2.75, 3.05) is 4.90 Å². The Labute approximate surface area is 320 Å². The average molecular weight is 708 g/mol. The second-order valence-electron chi connectivity index (χ2n) is 16.8. The van der Waals surface area contributed by atoms with Crippen molar-refractivity contribution in [3.05, 3.63) is 173 Å². The third-order valence-electron chi connectivity index (χ3n) is 13.9. The standard InChI is InChI=1S/C51H49NO2/c1-51-30-13-12-25-47(51)52(36-17-6-3-7-18-36)42-31-34(27-29-41(42)51)35-26-28-40-46(32-35)54-43-22-10-8-19-38(43)48(40)50-39-20-9-11-23-44(39)53-45-24-14-21-37(49(45)50)33-15-4-2-5-16-33/h3-4,6-7,11,13-19,21-24,26-32,39-40,44,46-48,50H,2,5,8-10,12,20,25H2,1H3/t39?,40?,44-,46?,47?,48?,50?,51-/m0/s1. The third kappa shape index (κ3) is 5.00. The van der Waals surface area contributed by atoms with Gasteiger partial charge < -0.3 is 14.4 Å². The van der Waals surface area contributed by atoms with Crippen molar-refractivity contribution in [1.82, 2.24) is 0 Å². The van der Waals surface area contributed by atoms with E-state index in [9.17, 15) is 0 Å². The van der Waals surface area contributed by atoms with Gasteiger partial charge in [-0.05, 0) is 134 Å². The van der Waals surface area contributed by atoms with Gasteiger partial charge in [-0.3, -0.25) is 0 Å². The quantitative estimate of drug-likeness (QED) is 0.252. The molecule has 0 aromatic heterocycles. The Morgan fingerprint density at radius 2 is 1.59 bits per heavy atom. The van der Waals surface area contributed by atoms with Crippen LogP contribution in [0.15, 0.2) is 151 Å². The molecular weight excluding hydrogens is 659 g/mol. The summed E-state index contributed by atoms with van der Waals surface area (Å²) >= 11 is 0. The van der Waals surface area contributed by atoms with Crippen molar-refractivity contribution in [1.29, 1.82) is 0 Å². The van der Waals surface area contributed by atoms with Gasteiger partial charge in [0, 0.05) is 52.1 Å². The Kier molecular flexibility index (Phi) is 7.68. The van der Waals surface area contributed by atoms with Crippen LogP contribution in [0.1, 0.15) is 86.5 Å². The van der Waals surface area contributed by atoms with E-state index in [1.165, 1.54) is 50.3 Å². The molecule has 0 bridgehead atoms. The highest BCUT2D eigenvalue weighted by Gasteiger charge is 2.52. The molecule has 54 heavy (non-hydrogen) atoms. The number of fused-ring (bicyclic) bond motifs is 7. The van der Waals surface area contributed by atoms with E-state index in [4.69, 9.17) is 9.47 Å². The van der Waals surface area contributed by atoms with Crippen molar-refractivity contribution in [2.24, 2.45) is 17.8 Å². The van der Waals surface area contributed by atoms with Gasteiger partial charge in [-0.1, -0.05) is 97.1 Å². The van der Waals surface area contributed by atoms with E-state index in [2.05, 4.69) is 151 Å². The zero-order chi connectivity index (χ0) is 35.8. The maximum atomic E-state index is 7.09. The number of para-hydroxylation sites is 1. The second-order valence-corrected chi connectivity index (χ2v) is 16.8. The summed E-state index contributed by atoms with van der Waals surface area (Å²) < 4.78 is 14.0. The molecule has 8 atom stereocenters. The molecule has 0 spiro atoms. The van der Waals surface area contributed by atoms with E-state index in [0.717, 1.165) is 62.9 Å². The first-order valence-corrected chi connectivity index (χ1v) is 20.6. The third-order valence-corrected chi connectivity index (χ3v) is 13.9. The van der Waals surface area contributed by atoms with Crippen LogP contribution in [0.2, 0.25) is 0 Å². The van der Waals surface area contributed by atoms with Crippen molar-refractivity contribution in [3.8, 4) is 5.75 Å². The van der Waals surface area contributed by atoms with Crippen LogP contribution < -0.4 is 9.64 Å². The summed E-state index contributed by atoms with van der Waals surface area (Å²) in [5.41, 5.74) is 12.1. The van der Waals surface area contributed by atoms with Crippen LogP contribution in [0, 0.1) is 17.8 Å². The minimum Gasteiger partial charge on any atom is -0.486 e. The molecule has 0 N–H and O–H groups in total. The van der Waals surface area contributed by atoms with Crippen molar-refractivity contribution in [2.45, 2.75) is 87.9 Å². The topological polar surface area (TPSA) is 21.7 Å². The summed E-state index contributed by atoms with van der Waals surface area (Å²) in [5, 5.41) is 0. The molecule has 3 aromatic rings. The zero-order valence-electron chi connectivity index (χ0n) is 31.2. The first-order valence-electron chi connectivity index (χ1n) is 20.6. The molecule has 270 valence electrons. The van der Waals surface area contributed by atoms with E-state index in [0.29, 0.717) is 23.8 Å². The number of benzene rings is 3. The van der Waals surface area contributed by atoms with Gasteiger partial charge in [0.05, 0.1) is 0 Å². The number of ether oxygens (including phenoxy) is 2. The van der Waals surface area contributed by atoms with E-state index >= 15 is 0 Å². The highest BCUT2D eigenvalue weighted by Crippen LogP contribution is 2.59. The molecule has 0 amide bonds. The SMILES string of the molecule is C[C@@]12C=CCCC1N(c1ccccc1)c1cc(C3=CC4OC5=CCCC=C5C(C5c6c(cccc6C6=CCCC=C6)O[C@H]6C=CCCC56)C4C=C3)ccc12. The van der Waals surface area contributed by atoms with Gasteiger partial charge in [-0.15, -0.1) is 0 Å². The minimum atomic E-state index is -0.0390. The van der Waals surface area contributed by atoms with Gasteiger partial charge in [0.1, 0.15) is 23.7 Å². The molecule has 0 radical (unpaired) electrons. The molecule has 3 heteroatoms. The number of hydrogen-bond donors (Lipinski definition) is 0. The van der Waals surface area contributed by atoms with Gasteiger partial charge in [-0.25, -0.2) is 0 Å². The lowest BCUT2D eigenvalue weighted by Crippen LogP contribution is -2.46. The molecule has 3 heterocycles. The van der Waals surface area contributed by atoms with Crippen LogP contribution in [0.4, 0.5) is 11.4 Å². The fourth-order valence-electron chi connectivity index (χ4n) is 11.5. The summed E-state index contributed by atoms with van der Waals surface area (Å²) in [5.74, 6) is 3.42. The first-order chi connectivity index (χ1) is 26.7. The molecule has 3 aliphatic heterocycles. The van der Waals surface area contributed by atoms with Gasteiger partial charge in [-0.2, -0.15) is 0 Å². The minimum absolute atomic E-state index is 0.00574. The van der Waals surface area contributed by atoms with Gasteiger partial charge >= 0.3 is 0 Å². The van der Waals surface area contributed by atoms with Gasteiger partial charge in [0.2, 0.25) is 0 Å². The predicted octanol–water partition coefficient (Wildman–Crippen LogP) is 12.2. The van der Waals surface area contributed by atoms with Crippen LogP contribution in [0.5, 0.6) is 5.75 Å². The largest absolute Gasteiger partial charge is 0.486 e. The summed E-state index contributed by atoms with van der Waals surface area (Å²) in [4.78, 5) is 2.63. The lowest BCUT2D eigenvalue weighted by Gasteiger charge is -2.51. The van der Waals surface area contributed by atoms with E-state index < -0.39 is 0 Å². The number of allylic oxidation sites excluding steroid dienone is 11. The Morgan fingerprint density at radius 1 is 0.704 bits per heavy atom. The van der Waals surface area contributed by atoms with Crippen LogP contribution in [-0.2, 0) is 10.2 Å². The normalized spacial score (nSPS) is 32.6. The lowest BCUT2D eigenvalue weighted by molar-refractivity contribution is 0.0311. The Hall–Kier alpha value is -5.02. The number of hydrogen-bond acceptors (Lipinski definition) is 3. The maximum absolute atomic E-state index is 7.09. The van der Waals surface area contributed by atoms with Crippen LogP contribution in [-0.4, -0.2) is 18.2 Å². The van der Waals surface area contributed by atoms with Gasteiger partial charge in [0.15, 0.2) is 0 Å². The zero-order valence-corrected chi connectivity index (χ0v) is 31.2. The molecule has 1 fully saturated rings. The molecule has 1 saturated heterocycles. The summed E-state index contributed by atoms with van der Waals surface area (Å²) in [6.45, 7) is 2.44. The summed E-state index contributed by atoms with van der Waals surface area (Å²) in [6, 6.07) is 25.5. The summed E-state index contributed by atoms with van der Waals surface area (Å²) in [7, 11) is 0. The molecule has 3 nitrogen and oxygen atoms in total. The van der Waals surface area contributed by atoms with E-state index in [1.54, 1.807) is 0 Å². The smallest absolute Gasteiger partial charge is 0.125 e. The Balaban J connectivity index is 1.02. The Morgan fingerprint density at radius 3 is 2.50 bits per heavy atom. The van der Waals surface area contributed by atoms with Crippen LogP contribution in [0.25, 0.3) is 11.1 Å². The van der Waals surface area contributed by atoms with Crippen molar-refractivity contribution < 1.29 is 9.47 Å². The molecule has 8 aliphatic rings. The van der Waals surface area contributed by atoms with Crippen LogP contribution in [0.3, 0.4) is 0 Å². The van der Waals surface area contributed by atoms with Crippen molar-refractivity contribution in [3.63, 3.8) is 0 Å². The fraction of sp³-hybridized carbons (Fsp3) is 0.333. The van der Waals surface area contributed by atoms with Crippen LogP contribution >= 0.6 is 0 Å². The van der Waals surface area contributed by atoms with Gasteiger partial charge in [0.25, 0.3) is 0 Å². The highest BCUT2D eigenvalue weighted by atomic mass is 16.5. The highest BCUT2D eigenvalue weighted by molar-refractivity contribution is 5.84. The average Bonchev–Trinajstić information content (AvgIpc) is 3.50. The molecule has 11 rings (SSSR count).